The van der Waals surface area contributed by atoms with Gasteiger partial charge in [-0.05, 0) is 24.8 Å². The summed E-state index contributed by atoms with van der Waals surface area (Å²) in [7, 11) is 0. The highest BCUT2D eigenvalue weighted by molar-refractivity contribution is 8.00. The third kappa shape index (κ3) is 2.42. The molecule has 1 unspecified atom stereocenters. The first-order valence-electron chi connectivity index (χ1n) is 6.87. The van der Waals surface area contributed by atoms with Crippen LogP contribution in [0.3, 0.4) is 0 Å². The molecule has 0 saturated carbocycles. The van der Waals surface area contributed by atoms with Gasteiger partial charge in [0.15, 0.2) is 0 Å². The molecule has 0 bridgehead atoms. The molecule has 3 rings (SSSR count). The second-order valence-corrected chi connectivity index (χ2v) is 6.56. The minimum absolute atomic E-state index is 0.0162. The van der Waals surface area contributed by atoms with Crippen molar-refractivity contribution in [3.8, 4) is 0 Å². The number of aliphatic carboxylic acids is 1. The molecule has 2 saturated heterocycles. The molecule has 1 aromatic rings. The topological polar surface area (TPSA) is 57.6 Å². The van der Waals surface area contributed by atoms with Crippen LogP contribution >= 0.6 is 11.8 Å². The number of rotatable bonds is 3. The number of nitrogens with zero attached hydrogens (tertiary/aromatic N) is 1. The summed E-state index contributed by atoms with van der Waals surface area (Å²) in [5, 5.41) is 9.30. The van der Waals surface area contributed by atoms with E-state index in [4.69, 9.17) is 0 Å². The number of fused-ring (bicyclic) bond motifs is 1. The number of piperidine rings is 1. The van der Waals surface area contributed by atoms with Gasteiger partial charge < -0.3 is 10.0 Å². The van der Waals surface area contributed by atoms with Crippen molar-refractivity contribution in [1.29, 1.82) is 0 Å². The Kier molecular flexibility index (Phi) is 3.70. The normalized spacial score (nSPS) is 29.3. The van der Waals surface area contributed by atoms with Crippen molar-refractivity contribution in [3.05, 3.63) is 35.9 Å². The Morgan fingerprint density at radius 3 is 2.75 bits per heavy atom. The van der Waals surface area contributed by atoms with Gasteiger partial charge in [-0.1, -0.05) is 30.3 Å². The number of carboxylic acid groups (broad SMARTS) is 1. The summed E-state index contributed by atoms with van der Waals surface area (Å²) < 4.78 is 0. The largest absolute Gasteiger partial charge is 0.480 e. The number of benzene rings is 1. The summed E-state index contributed by atoms with van der Waals surface area (Å²) in [5.74, 6) is -0.422. The first-order chi connectivity index (χ1) is 9.66. The quantitative estimate of drug-likeness (QED) is 0.925. The molecule has 2 fully saturated rings. The smallest absolute Gasteiger partial charge is 0.327 e. The monoisotopic (exact) mass is 291 g/mol. The zero-order chi connectivity index (χ0) is 14.1. The van der Waals surface area contributed by atoms with Gasteiger partial charge in [-0.25, -0.2) is 4.79 Å². The molecule has 20 heavy (non-hydrogen) atoms. The van der Waals surface area contributed by atoms with Crippen LogP contribution in [-0.4, -0.2) is 39.1 Å². The maximum Gasteiger partial charge on any atom is 0.327 e. The second kappa shape index (κ2) is 5.48. The molecule has 0 aliphatic carbocycles. The van der Waals surface area contributed by atoms with Gasteiger partial charge in [-0.2, -0.15) is 0 Å². The van der Waals surface area contributed by atoms with Crippen LogP contribution in [0.5, 0.6) is 0 Å². The van der Waals surface area contributed by atoms with Crippen molar-refractivity contribution in [3.63, 3.8) is 0 Å². The van der Waals surface area contributed by atoms with Crippen molar-refractivity contribution in [2.45, 2.75) is 30.7 Å². The molecule has 1 N–H and O–H groups in total. The zero-order valence-corrected chi connectivity index (χ0v) is 11.9. The molecule has 4 nitrogen and oxygen atoms in total. The predicted molar refractivity (Wildman–Crippen MR) is 77.4 cm³/mol. The Morgan fingerprint density at radius 2 is 2.05 bits per heavy atom. The van der Waals surface area contributed by atoms with Crippen molar-refractivity contribution >= 4 is 23.6 Å². The van der Waals surface area contributed by atoms with Crippen LogP contribution in [-0.2, 0) is 16.0 Å². The molecule has 0 spiro atoms. The molecule has 2 heterocycles. The van der Waals surface area contributed by atoms with Crippen molar-refractivity contribution in [2.24, 2.45) is 5.92 Å². The highest BCUT2D eigenvalue weighted by atomic mass is 32.2. The number of hydrogen-bond donors (Lipinski definition) is 1. The van der Waals surface area contributed by atoms with E-state index in [1.807, 2.05) is 30.3 Å². The van der Waals surface area contributed by atoms with Gasteiger partial charge in [-0.15, -0.1) is 11.8 Å². The number of amides is 1. The SMILES string of the molecule is O=C(O)[C@@H]1CSC2CC[C@@H](Cc3ccccc3)C(=O)N21. The molecule has 3 atom stereocenters. The average molecular weight is 291 g/mol. The molecule has 0 radical (unpaired) electrons. The molecule has 106 valence electrons. The van der Waals surface area contributed by atoms with Crippen LogP contribution in [0.25, 0.3) is 0 Å². The van der Waals surface area contributed by atoms with Gasteiger partial charge in [0.25, 0.3) is 0 Å². The van der Waals surface area contributed by atoms with E-state index in [9.17, 15) is 14.7 Å². The van der Waals surface area contributed by atoms with Crippen molar-refractivity contribution in [1.82, 2.24) is 4.90 Å². The molecule has 1 aromatic carbocycles. The van der Waals surface area contributed by atoms with E-state index < -0.39 is 12.0 Å². The van der Waals surface area contributed by atoms with E-state index in [0.717, 1.165) is 18.4 Å². The number of hydrogen-bond acceptors (Lipinski definition) is 3. The van der Waals surface area contributed by atoms with Crippen LogP contribution in [0.15, 0.2) is 30.3 Å². The Labute approximate surface area is 122 Å². The first-order valence-corrected chi connectivity index (χ1v) is 7.92. The van der Waals surface area contributed by atoms with E-state index >= 15 is 0 Å². The van der Waals surface area contributed by atoms with Crippen LogP contribution in [0.4, 0.5) is 0 Å². The van der Waals surface area contributed by atoms with Gasteiger partial charge in [0.05, 0.1) is 5.37 Å². The lowest BCUT2D eigenvalue weighted by molar-refractivity contribution is -0.153. The van der Waals surface area contributed by atoms with E-state index in [0.29, 0.717) is 12.2 Å². The lowest BCUT2D eigenvalue weighted by Crippen LogP contribution is -2.51. The highest BCUT2D eigenvalue weighted by Gasteiger charge is 2.46. The lowest BCUT2D eigenvalue weighted by atomic mass is 9.89. The fourth-order valence-corrected chi connectivity index (χ4v) is 4.46. The van der Waals surface area contributed by atoms with E-state index in [1.54, 1.807) is 16.7 Å². The van der Waals surface area contributed by atoms with Crippen molar-refractivity contribution < 1.29 is 14.7 Å². The molecular formula is C15H17NO3S. The Bertz CT molecular complexity index is 519. The molecule has 2 aliphatic heterocycles. The molecule has 2 aliphatic rings. The summed E-state index contributed by atoms with van der Waals surface area (Å²) >= 11 is 1.60. The van der Waals surface area contributed by atoms with Crippen LogP contribution in [0.2, 0.25) is 0 Å². The molecular weight excluding hydrogens is 274 g/mol. The van der Waals surface area contributed by atoms with Gasteiger partial charge in [-0.3, -0.25) is 4.79 Å². The zero-order valence-electron chi connectivity index (χ0n) is 11.1. The van der Waals surface area contributed by atoms with Crippen molar-refractivity contribution in [2.75, 3.05) is 5.75 Å². The van der Waals surface area contributed by atoms with Gasteiger partial charge in [0, 0.05) is 11.7 Å². The summed E-state index contributed by atoms with van der Waals surface area (Å²) in [6, 6.07) is 9.30. The standard InChI is InChI=1S/C15H17NO3S/c17-14-11(8-10-4-2-1-3-5-10)6-7-13-16(14)12(9-20-13)15(18)19/h1-5,11-13H,6-9H2,(H,18,19)/t11-,12-,13?/m0/s1. The Hall–Kier alpha value is -1.49. The number of carbonyl (C=O) groups excluding carboxylic acids is 1. The first kappa shape index (κ1) is 13.5. The summed E-state index contributed by atoms with van der Waals surface area (Å²) in [6.07, 6.45) is 2.46. The number of carboxylic acids is 1. The molecule has 1 amide bonds. The third-order valence-electron chi connectivity index (χ3n) is 4.07. The Balaban J connectivity index is 1.75. The summed E-state index contributed by atoms with van der Waals surface area (Å²) in [6.45, 7) is 0. The fraction of sp³-hybridized carbons (Fsp3) is 0.467. The summed E-state index contributed by atoms with van der Waals surface area (Å²) in [5.41, 5.74) is 1.14. The summed E-state index contributed by atoms with van der Waals surface area (Å²) in [4.78, 5) is 25.5. The second-order valence-electron chi connectivity index (χ2n) is 5.35. The predicted octanol–water partition coefficient (Wildman–Crippen LogP) is 1.99. The maximum atomic E-state index is 12.6. The van der Waals surface area contributed by atoms with Gasteiger partial charge >= 0.3 is 5.97 Å². The average Bonchev–Trinajstić information content (AvgIpc) is 2.88. The Morgan fingerprint density at radius 1 is 1.30 bits per heavy atom. The van der Waals surface area contributed by atoms with E-state index in [1.165, 1.54) is 0 Å². The van der Waals surface area contributed by atoms with Gasteiger partial charge in [0.1, 0.15) is 6.04 Å². The third-order valence-corrected chi connectivity index (χ3v) is 5.42. The fourth-order valence-electron chi connectivity index (χ4n) is 3.04. The van der Waals surface area contributed by atoms with Crippen LogP contribution in [0.1, 0.15) is 18.4 Å². The van der Waals surface area contributed by atoms with Crippen LogP contribution in [0, 0.1) is 5.92 Å². The number of thioether (sulfide) groups is 1. The lowest BCUT2D eigenvalue weighted by Gasteiger charge is -2.36. The number of carbonyl (C=O) groups is 2. The van der Waals surface area contributed by atoms with Crippen LogP contribution < -0.4 is 0 Å². The minimum Gasteiger partial charge on any atom is -0.480 e. The maximum absolute atomic E-state index is 12.6. The minimum atomic E-state index is -0.881. The van der Waals surface area contributed by atoms with Gasteiger partial charge in [0.2, 0.25) is 5.91 Å². The highest BCUT2D eigenvalue weighted by Crippen LogP contribution is 2.39. The van der Waals surface area contributed by atoms with E-state index in [-0.39, 0.29) is 17.2 Å². The van der Waals surface area contributed by atoms with E-state index in [2.05, 4.69) is 0 Å². The molecule has 5 heteroatoms. The molecule has 0 aromatic heterocycles.